The normalized spacial score (nSPS) is 23.5. The number of benzene rings is 2. The van der Waals surface area contributed by atoms with Crippen LogP contribution in [0.4, 0.5) is 15.3 Å². The highest BCUT2D eigenvalue weighted by atomic mass is 16.6. The number of hydrogen-bond acceptors (Lipinski definition) is 5. The van der Waals surface area contributed by atoms with Gasteiger partial charge in [-0.25, -0.2) is 9.59 Å². The minimum atomic E-state index is -0.856. The summed E-state index contributed by atoms with van der Waals surface area (Å²) in [6, 6.07) is 12.9. The summed E-state index contributed by atoms with van der Waals surface area (Å²) in [4.78, 5) is 49.2. The number of urea groups is 2. The zero-order valence-corrected chi connectivity index (χ0v) is 15.1. The number of imide groups is 1. The first-order valence-electron chi connectivity index (χ1n) is 8.91. The second kappa shape index (κ2) is 7.23. The highest BCUT2D eigenvalue weighted by Gasteiger charge is 2.49. The van der Waals surface area contributed by atoms with Gasteiger partial charge in [0.15, 0.2) is 0 Å². The van der Waals surface area contributed by atoms with Gasteiger partial charge in [-0.2, -0.15) is 0 Å². The molecule has 2 aliphatic heterocycles. The topological polar surface area (TPSA) is 134 Å². The molecule has 2 saturated heterocycles. The molecule has 2 fully saturated rings. The molecular weight excluding hydrogens is 378 g/mol. The largest absolute Gasteiger partial charge is 0.330 e. The summed E-state index contributed by atoms with van der Waals surface area (Å²) in [7, 11) is 0. The molecule has 2 heterocycles. The number of nitrogens with one attached hydrogen (secondary N) is 3. The van der Waals surface area contributed by atoms with Crippen LogP contribution in [0, 0.1) is 16.0 Å². The van der Waals surface area contributed by atoms with Crippen molar-refractivity contribution >= 4 is 23.7 Å². The molecule has 2 aromatic carbocycles. The van der Waals surface area contributed by atoms with Crippen LogP contribution in [0.1, 0.15) is 17.2 Å². The third-order valence-electron chi connectivity index (χ3n) is 5.05. The highest BCUT2D eigenvalue weighted by molar-refractivity contribution is 6.00. The van der Waals surface area contributed by atoms with Crippen molar-refractivity contribution in [2.75, 3.05) is 0 Å². The van der Waals surface area contributed by atoms with Crippen molar-refractivity contribution in [3.8, 4) is 0 Å². The Hall–Kier alpha value is -3.95. The van der Waals surface area contributed by atoms with E-state index in [-0.39, 0.29) is 12.2 Å². The second-order valence-electron chi connectivity index (χ2n) is 6.82. The Morgan fingerprint density at radius 3 is 2.31 bits per heavy atom. The van der Waals surface area contributed by atoms with Crippen LogP contribution in [-0.2, 0) is 11.3 Å². The summed E-state index contributed by atoms with van der Waals surface area (Å²) in [5.41, 5.74) is 1.28. The van der Waals surface area contributed by atoms with Crippen molar-refractivity contribution in [3.63, 3.8) is 0 Å². The summed E-state index contributed by atoms with van der Waals surface area (Å²) < 4.78 is 0. The Labute approximate surface area is 165 Å². The fourth-order valence-corrected chi connectivity index (χ4v) is 3.68. The van der Waals surface area contributed by atoms with Gasteiger partial charge in [-0.3, -0.25) is 25.1 Å². The molecule has 10 heteroatoms. The van der Waals surface area contributed by atoms with Gasteiger partial charge < -0.3 is 10.6 Å². The summed E-state index contributed by atoms with van der Waals surface area (Å²) in [6.07, 6.45) is -0.856. The lowest BCUT2D eigenvalue weighted by molar-refractivity contribution is -0.384. The van der Waals surface area contributed by atoms with Gasteiger partial charge in [0, 0.05) is 18.7 Å². The number of carbonyl (C=O) groups is 3. The number of carbonyl (C=O) groups excluding carboxylic acids is 3. The number of hydrogen-bond donors (Lipinski definition) is 3. The first kappa shape index (κ1) is 18.4. The molecule has 0 spiro atoms. The van der Waals surface area contributed by atoms with E-state index in [1.54, 1.807) is 0 Å². The molecule has 5 amide bonds. The number of nitro groups is 1. The molecule has 2 aromatic rings. The van der Waals surface area contributed by atoms with Crippen molar-refractivity contribution in [1.29, 1.82) is 0 Å². The maximum atomic E-state index is 12.6. The summed E-state index contributed by atoms with van der Waals surface area (Å²) in [6.45, 7) is 0.203. The average Bonchev–Trinajstić information content (AvgIpc) is 2.71. The van der Waals surface area contributed by atoms with Gasteiger partial charge >= 0.3 is 12.1 Å². The zero-order chi connectivity index (χ0) is 20.5. The van der Waals surface area contributed by atoms with Crippen LogP contribution in [0.15, 0.2) is 54.6 Å². The molecule has 3 unspecified atom stereocenters. The Bertz CT molecular complexity index is 978. The summed E-state index contributed by atoms with van der Waals surface area (Å²) in [5.74, 6) is -1.34. The molecule has 2 aliphatic rings. The quantitative estimate of drug-likeness (QED) is 0.535. The van der Waals surface area contributed by atoms with E-state index in [2.05, 4.69) is 16.0 Å². The zero-order valence-electron chi connectivity index (χ0n) is 15.1. The molecule has 0 aliphatic carbocycles. The molecule has 10 nitrogen and oxygen atoms in total. The van der Waals surface area contributed by atoms with Crippen molar-refractivity contribution in [2.24, 2.45) is 5.92 Å². The van der Waals surface area contributed by atoms with Crippen LogP contribution in [0.5, 0.6) is 0 Å². The third-order valence-corrected chi connectivity index (χ3v) is 5.05. The lowest BCUT2D eigenvalue weighted by Gasteiger charge is -2.46. The second-order valence-corrected chi connectivity index (χ2v) is 6.82. The molecule has 0 saturated carbocycles. The van der Waals surface area contributed by atoms with Crippen molar-refractivity contribution in [1.82, 2.24) is 20.9 Å². The molecule has 0 bridgehead atoms. The molecule has 4 rings (SSSR count). The molecule has 0 aromatic heterocycles. The molecular formula is C19H17N5O5. The Morgan fingerprint density at radius 2 is 1.66 bits per heavy atom. The minimum Gasteiger partial charge on any atom is -0.330 e. The predicted octanol–water partition coefficient (Wildman–Crippen LogP) is 1.64. The van der Waals surface area contributed by atoms with Crippen molar-refractivity contribution in [3.05, 3.63) is 75.8 Å². The highest BCUT2D eigenvalue weighted by Crippen LogP contribution is 2.33. The first-order valence-corrected chi connectivity index (χ1v) is 8.91. The van der Waals surface area contributed by atoms with E-state index < -0.39 is 41.0 Å². The number of non-ortho nitro benzene ring substituents is 1. The number of amides is 5. The predicted molar refractivity (Wildman–Crippen MR) is 100 cm³/mol. The number of rotatable bonds is 4. The van der Waals surface area contributed by atoms with E-state index >= 15 is 0 Å². The van der Waals surface area contributed by atoms with E-state index in [1.165, 1.54) is 29.2 Å². The van der Waals surface area contributed by atoms with Gasteiger partial charge in [-0.15, -0.1) is 0 Å². The van der Waals surface area contributed by atoms with Crippen LogP contribution < -0.4 is 16.0 Å². The molecule has 3 atom stereocenters. The van der Waals surface area contributed by atoms with Crippen LogP contribution in [0.3, 0.4) is 0 Å². The lowest BCUT2D eigenvalue weighted by atomic mass is 9.86. The van der Waals surface area contributed by atoms with Crippen LogP contribution >= 0.6 is 0 Å². The summed E-state index contributed by atoms with van der Waals surface area (Å²) >= 11 is 0. The van der Waals surface area contributed by atoms with Crippen molar-refractivity contribution < 1.29 is 19.3 Å². The fourth-order valence-electron chi connectivity index (χ4n) is 3.68. The molecule has 29 heavy (non-hydrogen) atoms. The minimum absolute atomic E-state index is 0.0976. The van der Waals surface area contributed by atoms with Gasteiger partial charge in [0.05, 0.1) is 11.0 Å². The third kappa shape index (κ3) is 3.47. The summed E-state index contributed by atoms with van der Waals surface area (Å²) in [5, 5.41) is 18.6. The van der Waals surface area contributed by atoms with Crippen LogP contribution in [0.2, 0.25) is 0 Å². The lowest BCUT2D eigenvalue weighted by Crippen LogP contribution is -2.71. The smallest absolute Gasteiger partial charge is 0.326 e. The van der Waals surface area contributed by atoms with E-state index in [9.17, 15) is 24.5 Å². The number of nitro benzene ring substituents is 1. The van der Waals surface area contributed by atoms with Gasteiger partial charge in [-0.05, 0) is 11.1 Å². The maximum Gasteiger partial charge on any atom is 0.326 e. The van der Waals surface area contributed by atoms with Gasteiger partial charge in [0.1, 0.15) is 12.1 Å². The SMILES string of the molecule is O=C1NC(c2ccc([N+](=O)[O-])cc2)C2C(=O)NC(=O)N(Cc3ccccc3)C2N1. The molecule has 3 N–H and O–H groups in total. The van der Waals surface area contributed by atoms with Gasteiger partial charge in [-0.1, -0.05) is 42.5 Å². The van der Waals surface area contributed by atoms with E-state index in [1.807, 2.05) is 30.3 Å². The average molecular weight is 395 g/mol. The number of nitrogens with zero attached hydrogens (tertiary/aromatic N) is 2. The standard InChI is InChI=1S/C19H17N5O5/c25-17-14-15(12-6-8-13(9-7-12)24(28)29)20-18(26)21-16(14)23(19(27)22-17)10-11-4-2-1-3-5-11/h1-9,14-16H,10H2,(H2,20,21,26)(H,22,25,27). The Kier molecular flexibility index (Phi) is 4.59. The van der Waals surface area contributed by atoms with E-state index in [0.29, 0.717) is 5.56 Å². The maximum absolute atomic E-state index is 12.6. The Morgan fingerprint density at radius 1 is 0.966 bits per heavy atom. The fraction of sp³-hybridized carbons (Fsp3) is 0.211. The Balaban J connectivity index is 1.67. The van der Waals surface area contributed by atoms with Gasteiger partial charge in [0.2, 0.25) is 5.91 Å². The molecule has 0 radical (unpaired) electrons. The van der Waals surface area contributed by atoms with Gasteiger partial charge in [0.25, 0.3) is 5.69 Å². The van der Waals surface area contributed by atoms with Crippen LogP contribution in [0.25, 0.3) is 0 Å². The number of fused-ring (bicyclic) bond motifs is 1. The van der Waals surface area contributed by atoms with Crippen molar-refractivity contribution in [2.45, 2.75) is 18.8 Å². The van der Waals surface area contributed by atoms with E-state index in [4.69, 9.17) is 0 Å². The van der Waals surface area contributed by atoms with E-state index in [0.717, 1.165) is 5.56 Å². The first-order chi connectivity index (χ1) is 13.9. The monoisotopic (exact) mass is 395 g/mol. The van der Waals surface area contributed by atoms with Crippen LogP contribution in [-0.4, -0.2) is 34.0 Å². The molecule has 148 valence electrons.